The van der Waals surface area contributed by atoms with Crippen molar-refractivity contribution in [3.63, 3.8) is 0 Å². The Morgan fingerprint density at radius 2 is 1.81 bits per heavy atom. The van der Waals surface area contributed by atoms with Crippen LogP contribution in [0.4, 0.5) is 5.82 Å². The fourth-order valence-corrected chi connectivity index (χ4v) is 4.43. The van der Waals surface area contributed by atoms with Crippen LogP contribution in [0.1, 0.15) is 67.0 Å². The standard InChI is InChI=1S/C26H39N5/c1-10-13-20(16-23(27-12-3)19(4)11-2)22-14-15-24(29-28-22)31(9)21-17-25(5,6)30-26(7,8)18-21/h10-16,21,30H,2,17-18H2,1,3-9H3/b13-10-,20-16+,23-19-,27-12?. The van der Waals surface area contributed by atoms with Gasteiger partial charge in [0.2, 0.25) is 0 Å². The molecule has 2 heterocycles. The predicted octanol–water partition coefficient (Wildman–Crippen LogP) is 5.73. The van der Waals surface area contributed by atoms with E-state index in [0.29, 0.717) is 6.04 Å². The Hall–Kier alpha value is -2.53. The Morgan fingerprint density at radius 3 is 2.29 bits per heavy atom. The zero-order chi connectivity index (χ0) is 23.2. The molecule has 0 unspecified atom stereocenters. The van der Waals surface area contributed by atoms with E-state index in [2.05, 4.69) is 72.8 Å². The molecule has 5 nitrogen and oxygen atoms in total. The maximum atomic E-state index is 4.58. The normalized spacial score (nSPS) is 20.2. The van der Waals surface area contributed by atoms with Gasteiger partial charge in [-0.05, 0) is 85.1 Å². The number of rotatable bonds is 7. The van der Waals surface area contributed by atoms with Crippen LogP contribution in [0.2, 0.25) is 0 Å². The van der Waals surface area contributed by atoms with Crippen molar-refractivity contribution < 1.29 is 0 Å². The van der Waals surface area contributed by atoms with Gasteiger partial charge >= 0.3 is 0 Å². The molecule has 1 aliphatic heterocycles. The predicted molar refractivity (Wildman–Crippen MR) is 135 cm³/mol. The molecular formula is C26H39N5. The van der Waals surface area contributed by atoms with Gasteiger partial charge in [0.05, 0.1) is 11.4 Å². The second kappa shape index (κ2) is 10.2. The summed E-state index contributed by atoms with van der Waals surface area (Å²) in [5, 5.41) is 12.9. The van der Waals surface area contributed by atoms with Crippen molar-refractivity contribution in [3.05, 3.63) is 60.0 Å². The van der Waals surface area contributed by atoms with Gasteiger partial charge in [0.25, 0.3) is 0 Å². The molecule has 5 heteroatoms. The molecule has 0 atom stereocenters. The highest BCUT2D eigenvalue weighted by Crippen LogP contribution is 2.32. The molecule has 1 aromatic rings. The minimum atomic E-state index is 0.0847. The van der Waals surface area contributed by atoms with Crippen LogP contribution in [-0.4, -0.2) is 40.6 Å². The first-order chi connectivity index (χ1) is 14.5. The van der Waals surface area contributed by atoms with Crippen LogP contribution in [0.15, 0.2) is 59.3 Å². The van der Waals surface area contributed by atoms with E-state index in [9.17, 15) is 0 Å². The average Bonchev–Trinajstić information content (AvgIpc) is 2.69. The maximum Gasteiger partial charge on any atom is 0.151 e. The number of nitrogens with one attached hydrogen (secondary N) is 1. The lowest BCUT2D eigenvalue weighted by Gasteiger charge is -2.49. The van der Waals surface area contributed by atoms with Crippen molar-refractivity contribution >= 4 is 17.6 Å². The van der Waals surface area contributed by atoms with E-state index in [1.165, 1.54) is 0 Å². The lowest BCUT2D eigenvalue weighted by molar-refractivity contribution is 0.160. The summed E-state index contributed by atoms with van der Waals surface area (Å²) in [7, 11) is 2.12. The van der Waals surface area contributed by atoms with Crippen LogP contribution >= 0.6 is 0 Å². The summed E-state index contributed by atoms with van der Waals surface area (Å²) in [6, 6.07) is 4.51. The molecule has 1 fully saturated rings. The summed E-state index contributed by atoms with van der Waals surface area (Å²) >= 11 is 0. The molecular weight excluding hydrogens is 382 g/mol. The maximum absolute atomic E-state index is 4.58. The van der Waals surface area contributed by atoms with E-state index in [-0.39, 0.29) is 11.1 Å². The van der Waals surface area contributed by atoms with Gasteiger partial charge in [0, 0.05) is 36.0 Å². The van der Waals surface area contributed by atoms with Gasteiger partial charge in [-0.15, -0.1) is 10.2 Å². The lowest BCUT2D eigenvalue weighted by Crippen LogP contribution is -2.62. The Bertz CT molecular complexity index is 869. The van der Waals surface area contributed by atoms with Gasteiger partial charge < -0.3 is 10.2 Å². The van der Waals surface area contributed by atoms with Gasteiger partial charge in [-0.2, -0.15) is 0 Å². The topological polar surface area (TPSA) is 53.4 Å². The largest absolute Gasteiger partial charge is 0.355 e. The van der Waals surface area contributed by atoms with Gasteiger partial charge in [0.1, 0.15) is 0 Å². The SMILES string of the molecule is C=C/C(C)=C(/C=C(\C=C/C)c1ccc(N(C)C2CC(C)(C)NC(C)(C)C2)nn1)N=CC. The molecule has 31 heavy (non-hydrogen) atoms. The summed E-state index contributed by atoms with van der Waals surface area (Å²) in [6.07, 6.45) is 11.8. The van der Waals surface area contributed by atoms with Crippen molar-refractivity contribution in [2.45, 2.75) is 78.4 Å². The van der Waals surface area contributed by atoms with E-state index < -0.39 is 0 Å². The quantitative estimate of drug-likeness (QED) is 0.451. The number of piperidine rings is 1. The molecule has 0 bridgehead atoms. The third-order valence-electron chi connectivity index (χ3n) is 5.64. The van der Waals surface area contributed by atoms with Crippen molar-refractivity contribution in [2.24, 2.45) is 4.99 Å². The highest BCUT2D eigenvalue weighted by Gasteiger charge is 2.39. The number of anilines is 1. The van der Waals surface area contributed by atoms with Crippen LogP contribution in [0.3, 0.4) is 0 Å². The summed E-state index contributed by atoms with van der Waals surface area (Å²) in [4.78, 5) is 6.76. The van der Waals surface area contributed by atoms with E-state index in [1.54, 1.807) is 6.21 Å². The molecule has 0 amide bonds. The molecule has 0 saturated carbocycles. The minimum Gasteiger partial charge on any atom is -0.355 e. The van der Waals surface area contributed by atoms with Crippen molar-refractivity contribution in [2.75, 3.05) is 11.9 Å². The van der Waals surface area contributed by atoms with Crippen LogP contribution in [0.25, 0.3) is 5.57 Å². The average molecular weight is 422 g/mol. The van der Waals surface area contributed by atoms with E-state index >= 15 is 0 Å². The molecule has 1 saturated heterocycles. The minimum absolute atomic E-state index is 0.0847. The van der Waals surface area contributed by atoms with Crippen LogP contribution in [0, 0.1) is 0 Å². The van der Waals surface area contributed by atoms with E-state index in [1.807, 2.05) is 51.1 Å². The first-order valence-corrected chi connectivity index (χ1v) is 11.0. The number of hydrogen-bond donors (Lipinski definition) is 1. The zero-order valence-electron chi connectivity index (χ0n) is 20.5. The van der Waals surface area contributed by atoms with E-state index in [0.717, 1.165) is 41.2 Å². The molecule has 0 aromatic carbocycles. The van der Waals surface area contributed by atoms with Crippen LogP contribution < -0.4 is 10.2 Å². The number of hydrogen-bond acceptors (Lipinski definition) is 5. The Morgan fingerprint density at radius 1 is 1.16 bits per heavy atom. The van der Waals surface area contributed by atoms with Gasteiger partial charge in [-0.1, -0.05) is 24.8 Å². The first-order valence-electron chi connectivity index (χ1n) is 11.0. The highest BCUT2D eigenvalue weighted by molar-refractivity contribution is 5.75. The number of nitrogens with zero attached hydrogens (tertiary/aromatic N) is 4. The number of allylic oxidation sites excluding steroid dienone is 6. The Kier molecular flexibility index (Phi) is 8.13. The second-order valence-corrected chi connectivity index (χ2v) is 9.60. The van der Waals surface area contributed by atoms with Gasteiger partial charge in [0.15, 0.2) is 5.82 Å². The highest BCUT2D eigenvalue weighted by atomic mass is 15.3. The second-order valence-electron chi connectivity index (χ2n) is 9.60. The van der Waals surface area contributed by atoms with Crippen LogP contribution in [0.5, 0.6) is 0 Å². The Labute approximate surface area is 188 Å². The molecule has 2 rings (SSSR count). The van der Waals surface area contributed by atoms with Crippen molar-refractivity contribution in [1.29, 1.82) is 0 Å². The fraction of sp³-hybridized carbons (Fsp3) is 0.500. The number of aromatic nitrogens is 2. The molecule has 0 radical (unpaired) electrons. The third kappa shape index (κ3) is 6.73. The van der Waals surface area contributed by atoms with Gasteiger partial charge in [-0.3, -0.25) is 4.99 Å². The first kappa shape index (κ1) is 24.7. The lowest BCUT2D eigenvalue weighted by atomic mass is 9.79. The van der Waals surface area contributed by atoms with E-state index in [4.69, 9.17) is 0 Å². The number of aliphatic imine (C=N–C) groups is 1. The summed E-state index contributed by atoms with van der Waals surface area (Å²) < 4.78 is 0. The molecule has 0 spiro atoms. The smallest absolute Gasteiger partial charge is 0.151 e. The third-order valence-corrected chi connectivity index (χ3v) is 5.64. The van der Waals surface area contributed by atoms with Crippen LogP contribution in [-0.2, 0) is 0 Å². The summed E-state index contributed by atoms with van der Waals surface area (Å²) in [6.45, 7) is 18.9. The molecule has 1 aromatic heterocycles. The molecule has 0 aliphatic carbocycles. The monoisotopic (exact) mass is 421 g/mol. The summed E-state index contributed by atoms with van der Waals surface area (Å²) in [5.74, 6) is 0.895. The molecule has 1 aliphatic rings. The zero-order valence-corrected chi connectivity index (χ0v) is 20.5. The summed E-state index contributed by atoms with van der Waals surface area (Å²) in [5.41, 5.74) is 3.84. The van der Waals surface area contributed by atoms with Gasteiger partial charge in [-0.25, -0.2) is 0 Å². The van der Waals surface area contributed by atoms with Crippen molar-refractivity contribution in [3.8, 4) is 0 Å². The Balaban J connectivity index is 2.34. The molecule has 168 valence electrons. The molecule has 1 N–H and O–H groups in total. The fourth-order valence-electron chi connectivity index (χ4n) is 4.43. The van der Waals surface area contributed by atoms with Crippen molar-refractivity contribution in [1.82, 2.24) is 15.5 Å².